The minimum Gasteiger partial charge on any atom is -0.543 e. The molecule has 1 aromatic carbocycles. The molecule has 0 unspecified atom stereocenters. The zero-order chi connectivity index (χ0) is 22.0. The summed E-state index contributed by atoms with van der Waals surface area (Å²) in [5, 5.41) is 20.9. The first kappa shape index (κ1) is 23.8. The molecular weight excluding hydrogens is 392 g/mol. The van der Waals surface area contributed by atoms with Crippen molar-refractivity contribution in [3.05, 3.63) is 29.8 Å². The Balaban J connectivity index is 2.29. The average Bonchev–Trinajstić information content (AvgIpc) is 2.61. The van der Waals surface area contributed by atoms with E-state index in [9.17, 15) is 15.0 Å². The van der Waals surface area contributed by atoms with E-state index in [1.165, 1.54) is 14.0 Å². The van der Waals surface area contributed by atoms with Crippen LogP contribution >= 0.6 is 0 Å². The molecule has 1 fully saturated rings. The number of hydrogen-bond acceptors (Lipinski definition) is 7. The quantitative estimate of drug-likeness (QED) is 0.533. The Morgan fingerprint density at radius 3 is 2.41 bits per heavy atom. The zero-order valence-corrected chi connectivity index (χ0v) is 19.3. The van der Waals surface area contributed by atoms with Gasteiger partial charge in [-0.15, -0.1) is 0 Å². The van der Waals surface area contributed by atoms with E-state index in [1.807, 2.05) is 24.3 Å². The first-order chi connectivity index (χ1) is 13.4. The highest BCUT2D eigenvalue weighted by Crippen LogP contribution is 2.39. The van der Waals surface area contributed by atoms with Crippen LogP contribution in [0.15, 0.2) is 24.3 Å². The molecule has 7 nitrogen and oxygen atoms in total. The summed E-state index contributed by atoms with van der Waals surface area (Å²) in [6.07, 6.45) is -4.72. The minimum absolute atomic E-state index is 0.0504. The summed E-state index contributed by atoms with van der Waals surface area (Å²) in [7, 11) is -0.568. The van der Waals surface area contributed by atoms with E-state index in [-0.39, 0.29) is 11.6 Å². The number of carbonyl (C=O) groups is 1. The highest BCUT2D eigenvalue weighted by Gasteiger charge is 2.46. The molecule has 1 saturated heterocycles. The molecule has 29 heavy (non-hydrogen) atoms. The van der Waals surface area contributed by atoms with Crippen molar-refractivity contribution in [3.63, 3.8) is 0 Å². The molecule has 1 aliphatic heterocycles. The van der Waals surface area contributed by atoms with Crippen molar-refractivity contribution < 1.29 is 33.6 Å². The minimum atomic E-state index is -2.03. The predicted octanol–water partition coefficient (Wildman–Crippen LogP) is 2.81. The number of carbonyl (C=O) groups excluding carboxylic acids is 1. The van der Waals surface area contributed by atoms with E-state index in [0.717, 1.165) is 11.3 Å². The number of benzene rings is 1. The van der Waals surface area contributed by atoms with Gasteiger partial charge in [0.2, 0.25) is 8.32 Å². The lowest BCUT2D eigenvalue weighted by Gasteiger charge is -2.42. The molecule has 1 aliphatic rings. The molecule has 1 heterocycles. The largest absolute Gasteiger partial charge is 0.543 e. The molecule has 2 rings (SSSR count). The average molecular weight is 427 g/mol. The van der Waals surface area contributed by atoms with Crippen LogP contribution < -0.4 is 4.43 Å². The van der Waals surface area contributed by atoms with Gasteiger partial charge >= 0.3 is 5.97 Å². The van der Waals surface area contributed by atoms with E-state index < -0.39 is 44.8 Å². The lowest BCUT2D eigenvalue weighted by Crippen LogP contribution is -2.56. The third kappa shape index (κ3) is 5.58. The number of methoxy groups -OCH3 is 1. The van der Waals surface area contributed by atoms with Gasteiger partial charge in [0.05, 0.1) is 0 Å². The van der Waals surface area contributed by atoms with Gasteiger partial charge in [-0.25, -0.2) is 0 Å². The molecule has 1 aromatic rings. The van der Waals surface area contributed by atoms with Gasteiger partial charge in [0, 0.05) is 14.0 Å². The van der Waals surface area contributed by atoms with Gasteiger partial charge in [-0.1, -0.05) is 32.9 Å². The Labute approximate surface area is 174 Å². The summed E-state index contributed by atoms with van der Waals surface area (Å²) in [6, 6.07) is 7.51. The van der Waals surface area contributed by atoms with E-state index >= 15 is 0 Å². The zero-order valence-electron chi connectivity index (χ0n) is 18.3. The van der Waals surface area contributed by atoms with Crippen molar-refractivity contribution in [2.24, 2.45) is 0 Å². The molecule has 0 bridgehead atoms. The van der Waals surface area contributed by atoms with Crippen LogP contribution in [0.4, 0.5) is 0 Å². The van der Waals surface area contributed by atoms with Gasteiger partial charge < -0.3 is 28.8 Å². The fourth-order valence-corrected chi connectivity index (χ4v) is 4.03. The second-order valence-corrected chi connectivity index (χ2v) is 13.7. The van der Waals surface area contributed by atoms with E-state index in [2.05, 4.69) is 33.9 Å². The van der Waals surface area contributed by atoms with Crippen molar-refractivity contribution >= 4 is 14.3 Å². The highest BCUT2D eigenvalue weighted by atomic mass is 28.4. The summed E-state index contributed by atoms with van der Waals surface area (Å²) in [6.45, 7) is 12.0. The van der Waals surface area contributed by atoms with Gasteiger partial charge in [-0.3, -0.25) is 4.79 Å². The molecular formula is C21H34O7Si. The maximum Gasteiger partial charge on any atom is 0.302 e. The van der Waals surface area contributed by atoms with Crippen LogP contribution in [0.25, 0.3) is 0 Å². The van der Waals surface area contributed by atoms with Gasteiger partial charge in [0.15, 0.2) is 0 Å². The molecule has 0 saturated carbocycles. The van der Waals surface area contributed by atoms with Crippen LogP contribution in [0.3, 0.4) is 0 Å². The summed E-state index contributed by atoms with van der Waals surface area (Å²) in [4.78, 5) is 11.1. The first-order valence-corrected chi connectivity index (χ1v) is 12.7. The lowest BCUT2D eigenvalue weighted by atomic mass is 9.91. The van der Waals surface area contributed by atoms with Crippen LogP contribution in [-0.4, -0.2) is 62.6 Å². The predicted molar refractivity (Wildman–Crippen MR) is 111 cm³/mol. The van der Waals surface area contributed by atoms with Crippen molar-refractivity contribution in [2.45, 2.75) is 76.3 Å². The lowest BCUT2D eigenvalue weighted by molar-refractivity contribution is -0.240. The van der Waals surface area contributed by atoms with Crippen LogP contribution in [-0.2, 0) is 19.0 Å². The molecule has 0 radical (unpaired) electrons. The van der Waals surface area contributed by atoms with Crippen LogP contribution in [0.2, 0.25) is 18.1 Å². The fraction of sp³-hybridized carbons (Fsp3) is 0.667. The summed E-state index contributed by atoms with van der Waals surface area (Å²) < 4.78 is 22.8. The van der Waals surface area contributed by atoms with Crippen molar-refractivity contribution in [1.29, 1.82) is 0 Å². The molecule has 8 heteroatoms. The maximum atomic E-state index is 11.1. The Bertz CT molecular complexity index is 701. The molecule has 0 spiro atoms. The molecule has 0 aliphatic carbocycles. The summed E-state index contributed by atoms with van der Waals surface area (Å²) in [5.41, 5.74) is 0.756. The SMILES string of the molecule is CO[C@H]1[C@@H](O)[C@H](O)[C@@H](COC(C)=O)O[C@@H]1c1cccc(O[Si](C)(C)C(C)(C)C)c1. The highest BCUT2D eigenvalue weighted by molar-refractivity contribution is 6.74. The third-order valence-electron chi connectivity index (χ3n) is 5.78. The number of hydrogen-bond donors (Lipinski definition) is 2. The molecule has 5 atom stereocenters. The first-order valence-electron chi connectivity index (χ1n) is 9.84. The second-order valence-electron chi connectivity index (χ2n) is 9.01. The standard InChI is InChI=1S/C21H34O7Si/c1-13(22)26-12-16-17(23)18(24)20(25-5)19(27-16)14-9-8-10-15(11-14)28-29(6,7)21(2,3)4/h8-11,16-20,23-24H,12H2,1-7H3/t16-,17-,18+,19-,20+/m1/s1. The molecule has 2 N–H and O–H groups in total. The van der Waals surface area contributed by atoms with E-state index in [0.29, 0.717) is 0 Å². The van der Waals surface area contributed by atoms with Crippen molar-refractivity contribution in [1.82, 2.24) is 0 Å². The number of esters is 1. The smallest absolute Gasteiger partial charge is 0.302 e. The number of aliphatic hydroxyl groups excluding tert-OH is 2. The van der Waals surface area contributed by atoms with Crippen LogP contribution in [0.5, 0.6) is 5.75 Å². The Kier molecular flexibility index (Phi) is 7.51. The van der Waals surface area contributed by atoms with Gasteiger partial charge in [0.1, 0.15) is 42.9 Å². The normalized spacial score (nSPS) is 28.1. The molecule has 0 aromatic heterocycles. The van der Waals surface area contributed by atoms with Crippen molar-refractivity contribution in [3.8, 4) is 5.75 Å². The van der Waals surface area contributed by atoms with Crippen LogP contribution in [0, 0.1) is 0 Å². The number of rotatable bonds is 6. The van der Waals surface area contributed by atoms with Gasteiger partial charge in [-0.05, 0) is 35.8 Å². The fourth-order valence-electron chi connectivity index (χ4n) is 3.01. The van der Waals surface area contributed by atoms with Crippen LogP contribution in [0.1, 0.15) is 39.4 Å². The maximum absolute atomic E-state index is 11.1. The Morgan fingerprint density at radius 1 is 1.21 bits per heavy atom. The summed E-state index contributed by atoms with van der Waals surface area (Å²) >= 11 is 0. The van der Waals surface area contributed by atoms with E-state index in [4.69, 9.17) is 18.6 Å². The van der Waals surface area contributed by atoms with Gasteiger partial charge in [0.25, 0.3) is 0 Å². The third-order valence-corrected chi connectivity index (χ3v) is 10.1. The Hall–Kier alpha value is -1.45. The second kappa shape index (κ2) is 9.14. The number of aliphatic hydroxyl groups is 2. The summed E-state index contributed by atoms with van der Waals surface area (Å²) in [5.74, 6) is 0.246. The molecule has 164 valence electrons. The van der Waals surface area contributed by atoms with Gasteiger partial charge in [-0.2, -0.15) is 0 Å². The van der Waals surface area contributed by atoms with E-state index in [1.54, 1.807) is 0 Å². The monoisotopic (exact) mass is 426 g/mol. The Morgan fingerprint density at radius 2 is 1.86 bits per heavy atom. The molecule has 0 amide bonds. The topological polar surface area (TPSA) is 94.5 Å². The van der Waals surface area contributed by atoms with Crippen molar-refractivity contribution in [2.75, 3.05) is 13.7 Å². The number of ether oxygens (including phenoxy) is 3.